The molecule has 2 aromatic heterocycles. The van der Waals surface area contributed by atoms with Crippen molar-refractivity contribution in [2.24, 2.45) is 0 Å². The van der Waals surface area contributed by atoms with Gasteiger partial charge in [0.1, 0.15) is 17.0 Å². The van der Waals surface area contributed by atoms with Crippen molar-refractivity contribution in [1.29, 1.82) is 0 Å². The zero-order chi connectivity index (χ0) is 22.8. The number of nitrogens with zero attached hydrogens (tertiary/aromatic N) is 5. The lowest BCUT2D eigenvalue weighted by atomic mass is 10.2. The molecule has 0 fully saturated rings. The summed E-state index contributed by atoms with van der Waals surface area (Å²) >= 11 is 0. The van der Waals surface area contributed by atoms with Gasteiger partial charge in [-0.25, -0.2) is 14.1 Å². The number of carbonyl (C=O) groups is 1. The highest BCUT2D eigenvalue weighted by atomic mass is 19.1. The van der Waals surface area contributed by atoms with Crippen molar-refractivity contribution < 1.29 is 9.18 Å². The van der Waals surface area contributed by atoms with Crippen LogP contribution in [0.5, 0.6) is 0 Å². The molecule has 164 valence electrons. The van der Waals surface area contributed by atoms with E-state index < -0.39 is 0 Å². The summed E-state index contributed by atoms with van der Waals surface area (Å²) in [5.41, 5.74) is 2.67. The minimum Gasteiger partial charge on any atom is -0.313 e. The molecule has 0 N–H and O–H groups in total. The number of amides is 1. The standard InChI is InChI=1S/C24H24FN5O2/c1-4-28(20-7-5-6-16(2)14-20)22(31)12-13-29-17(3)27-23-21(24(29)32)15-26-30(23)19-10-8-18(25)9-11-19/h5-11,14-15H,4,12-13H2,1-3H3. The smallest absolute Gasteiger partial charge is 0.264 e. The third-order valence-electron chi connectivity index (χ3n) is 5.43. The van der Waals surface area contributed by atoms with Crippen molar-refractivity contribution in [3.63, 3.8) is 0 Å². The molecule has 2 heterocycles. The van der Waals surface area contributed by atoms with Gasteiger partial charge < -0.3 is 4.90 Å². The first-order valence-electron chi connectivity index (χ1n) is 10.5. The summed E-state index contributed by atoms with van der Waals surface area (Å²) in [4.78, 5) is 32.3. The second kappa shape index (κ2) is 8.74. The largest absolute Gasteiger partial charge is 0.313 e. The zero-order valence-electron chi connectivity index (χ0n) is 18.2. The van der Waals surface area contributed by atoms with Crippen LogP contribution in [0, 0.1) is 19.7 Å². The van der Waals surface area contributed by atoms with E-state index in [4.69, 9.17) is 0 Å². The number of aromatic nitrogens is 4. The third-order valence-corrected chi connectivity index (χ3v) is 5.43. The number of halogens is 1. The quantitative estimate of drug-likeness (QED) is 0.464. The summed E-state index contributed by atoms with van der Waals surface area (Å²) in [6, 6.07) is 13.6. The number of rotatable bonds is 6. The number of aryl methyl sites for hydroxylation is 2. The molecular weight excluding hydrogens is 409 g/mol. The van der Waals surface area contributed by atoms with Crippen molar-refractivity contribution in [1.82, 2.24) is 19.3 Å². The predicted molar refractivity (Wildman–Crippen MR) is 122 cm³/mol. The van der Waals surface area contributed by atoms with Gasteiger partial charge in [0.05, 0.1) is 11.9 Å². The fourth-order valence-corrected chi connectivity index (χ4v) is 3.78. The maximum absolute atomic E-state index is 13.3. The van der Waals surface area contributed by atoms with Gasteiger partial charge in [0.25, 0.3) is 5.56 Å². The molecule has 0 radical (unpaired) electrons. The zero-order valence-corrected chi connectivity index (χ0v) is 18.2. The Morgan fingerprint density at radius 2 is 1.88 bits per heavy atom. The Hall–Kier alpha value is -3.81. The number of hydrogen-bond donors (Lipinski definition) is 0. The summed E-state index contributed by atoms with van der Waals surface area (Å²) in [7, 11) is 0. The molecule has 0 saturated carbocycles. The molecule has 1 amide bonds. The lowest BCUT2D eigenvalue weighted by Crippen LogP contribution is -2.33. The highest BCUT2D eigenvalue weighted by molar-refractivity contribution is 5.93. The average molecular weight is 433 g/mol. The minimum atomic E-state index is -0.354. The summed E-state index contributed by atoms with van der Waals surface area (Å²) < 4.78 is 16.3. The minimum absolute atomic E-state index is 0.0634. The van der Waals surface area contributed by atoms with Crippen LogP contribution in [0.4, 0.5) is 10.1 Å². The van der Waals surface area contributed by atoms with Gasteiger partial charge in [-0.3, -0.25) is 14.2 Å². The number of anilines is 1. The number of hydrogen-bond acceptors (Lipinski definition) is 4. The van der Waals surface area contributed by atoms with Crippen LogP contribution in [0.2, 0.25) is 0 Å². The molecule has 0 aliphatic rings. The van der Waals surface area contributed by atoms with Crippen LogP contribution in [0.15, 0.2) is 59.5 Å². The van der Waals surface area contributed by atoms with Crippen LogP contribution in [0.25, 0.3) is 16.7 Å². The fourth-order valence-electron chi connectivity index (χ4n) is 3.78. The summed E-state index contributed by atoms with van der Waals surface area (Å²) in [5, 5.41) is 4.61. The summed E-state index contributed by atoms with van der Waals surface area (Å²) in [6.45, 7) is 6.40. The lowest BCUT2D eigenvalue weighted by molar-refractivity contribution is -0.118. The van der Waals surface area contributed by atoms with E-state index in [0.717, 1.165) is 11.3 Å². The topological polar surface area (TPSA) is 73.0 Å². The third kappa shape index (κ3) is 4.03. The predicted octanol–water partition coefficient (Wildman–Crippen LogP) is 3.78. The molecule has 4 aromatic rings. The van der Waals surface area contributed by atoms with E-state index in [1.54, 1.807) is 24.0 Å². The van der Waals surface area contributed by atoms with Gasteiger partial charge in [-0.2, -0.15) is 5.10 Å². The second-order valence-electron chi connectivity index (χ2n) is 7.61. The number of carbonyl (C=O) groups excluding carboxylic acids is 1. The monoisotopic (exact) mass is 433 g/mol. The highest BCUT2D eigenvalue weighted by Gasteiger charge is 2.18. The Balaban J connectivity index is 1.60. The maximum Gasteiger partial charge on any atom is 0.264 e. The molecule has 0 aliphatic carbocycles. The van der Waals surface area contributed by atoms with Gasteiger partial charge in [-0.05, 0) is 62.7 Å². The van der Waals surface area contributed by atoms with Gasteiger partial charge in [0.2, 0.25) is 5.91 Å². The molecule has 8 heteroatoms. The van der Waals surface area contributed by atoms with E-state index in [1.807, 2.05) is 38.1 Å². The van der Waals surface area contributed by atoms with Crippen molar-refractivity contribution >= 4 is 22.6 Å². The van der Waals surface area contributed by atoms with Crippen molar-refractivity contribution in [2.75, 3.05) is 11.4 Å². The number of fused-ring (bicyclic) bond motifs is 1. The van der Waals surface area contributed by atoms with E-state index in [-0.39, 0.29) is 30.2 Å². The molecule has 0 atom stereocenters. The van der Waals surface area contributed by atoms with Crippen molar-refractivity contribution in [3.8, 4) is 5.69 Å². The molecule has 7 nitrogen and oxygen atoms in total. The number of benzene rings is 2. The molecule has 0 aliphatic heterocycles. The SMILES string of the molecule is CCN(C(=O)CCn1c(C)nc2c(cnn2-c2ccc(F)cc2)c1=O)c1cccc(C)c1. The van der Waals surface area contributed by atoms with Crippen LogP contribution in [0.1, 0.15) is 24.7 Å². The van der Waals surface area contributed by atoms with Gasteiger partial charge in [0, 0.05) is 25.2 Å². The second-order valence-corrected chi connectivity index (χ2v) is 7.61. The van der Waals surface area contributed by atoms with E-state index in [0.29, 0.717) is 29.1 Å². The van der Waals surface area contributed by atoms with E-state index in [9.17, 15) is 14.0 Å². The normalized spacial score (nSPS) is 11.1. The first-order valence-corrected chi connectivity index (χ1v) is 10.5. The molecule has 0 saturated heterocycles. The first kappa shape index (κ1) is 21.4. The lowest BCUT2D eigenvalue weighted by Gasteiger charge is -2.22. The summed E-state index contributed by atoms with van der Waals surface area (Å²) in [6.07, 6.45) is 1.62. The molecular formula is C24H24FN5O2. The molecule has 2 aromatic carbocycles. The van der Waals surface area contributed by atoms with E-state index in [1.165, 1.54) is 27.6 Å². The first-order chi connectivity index (χ1) is 15.4. The van der Waals surface area contributed by atoms with E-state index >= 15 is 0 Å². The van der Waals surface area contributed by atoms with Crippen molar-refractivity contribution in [3.05, 3.63) is 82.3 Å². The van der Waals surface area contributed by atoms with Crippen molar-refractivity contribution in [2.45, 2.75) is 33.7 Å². The average Bonchev–Trinajstić information content (AvgIpc) is 3.18. The summed E-state index contributed by atoms with van der Waals surface area (Å²) in [5.74, 6) is 0.0671. The van der Waals surface area contributed by atoms with Crippen LogP contribution in [0.3, 0.4) is 0 Å². The molecule has 4 rings (SSSR count). The van der Waals surface area contributed by atoms with Crippen LogP contribution in [-0.2, 0) is 11.3 Å². The molecule has 0 unspecified atom stereocenters. The van der Waals surface area contributed by atoms with Gasteiger partial charge in [-0.1, -0.05) is 12.1 Å². The van der Waals surface area contributed by atoms with Crippen LogP contribution in [-0.4, -0.2) is 31.8 Å². The molecule has 32 heavy (non-hydrogen) atoms. The fraction of sp³-hybridized carbons (Fsp3) is 0.250. The van der Waals surface area contributed by atoms with Crippen LogP contribution < -0.4 is 10.5 Å². The van der Waals surface area contributed by atoms with Gasteiger partial charge in [-0.15, -0.1) is 0 Å². The molecule has 0 bridgehead atoms. The highest BCUT2D eigenvalue weighted by Crippen LogP contribution is 2.18. The maximum atomic E-state index is 13.3. The van der Waals surface area contributed by atoms with Crippen LogP contribution >= 0.6 is 0 Å². The Bertz CT molecular complexity index is 1340. The van der Waals surface area contributed by atoms with Gasteiger partial charge in [0.15, 0.2) is 5.65 Å². The Labute approximate surface area is 184 Å². The Morgan fingerprint density at radius 1 is 1.12 bits per heavy atom. The van der Waals surface area contributed by atoms with E-state index in [2.05, 4.69) is 10.1 Å². The Kier molecular flexibility index (Phi) is 5.85. The Morgan fingerprint density at radius 3 is 2.56 bits per heavy atom. The van der Waals surface area contributed by atoms with Gasteiger partial charge >= 0.3 is 0 Å². The molecule has 0 spiro atoms.